The average molecular weight is 243 g/mol. The van der Waals surface area contributed by atoms with Crippen LogP contribution in [0.3, 0.4) is 0 Å². The van der Waals surface area contributed by atoms with E-state index in [2.05, 4.69) is 9.97 Å². The smallest absolute Gasteiger partial charge is 0.165 e. The van der Waals surface area contributed by atoms with E-state index in [4.69, 9.17) is 10.7 Å². The number of hydrogen-bond acceptors (Lipinski definition) is 4. The van der Waals surface area contributed by atoms with E-state index in [1.165, 1.54) is 25.7 Å². The molecule has 0 amide bonds. The quantitative estimate of drug-likeness (QED) is 0.829. The first-order valence-corrected chi connectivity index (χ1v) is 6.67. The highest BCUT2D eigenvalue weighted by Crippen LogP contribution is 2.52. The molecule has 0 saturated heterocycles. The number of rotatable bonds is 1. The number of nitrogen functional groups attached to an aromatic ring is 1. The van der Waals surface area contributed by atoms with Crippen molar-refractivity contribution in [3.63, 3.8) is 0 Å². The third-order valence-electron chi connectivity index (χ3n) is 4.67. The van der Waals surface area contributed by atoms with Crippen molar-refractivity contribution in [2.45, 2.75) is 31.6 Å². The minimum absolute atomic E-state index is 0.519. The van der Waals surface area contributed by atoms with Crippen LogP contribution in [0.1, 0.15) is 37.4 Å². The van der Waals surface area contributed by atoms with Crippen LogP contribution < -0.4 is 5.73 Å². The first-order valence-electron chi connectivity index (χ1n) is 6.67. The van der Waals surface area contributed by atoms with E-state index in [9.17, 15) is 0 Å². The highest BCUT2D eigenvalue weighted by molar-refractivity contribution is 5.81. The maximum Gasteiger partial charge on any atom is 0.165 e. The summed E-state index contributed by atoms with van der Waals surface area (Å²) in [4.78, 5) is 13.5. The number of nitrogens with zero attached hydrogens (tertiary/aromatic N) is 4. The van der Waals surface area contributed by atoms with Gasteiger partial charge in [0.25, 0.3) is 0 Å². The number of anilines is 1. The van der Waals surface area contributed by atoms with Gasteiger partial charge in [0.05, 0.1) is 6.33 Å². The number of imidazole rings is 1. The molecular formula is C13H17N5. The molecule has 94 valence electrons. The molecule has 5 heteroatoms. The van der Waals surface area contributed by atoms with Crippen LogP contribution in [-0.2, 0) is 7.05 Å². The Bertz CT molecular complexity index is 617. The molecule has 5 nitrogen and oxygen atoms in total. The van der Waals surface area contributed by atoms with Gasteiger partial charge in [0, 0.05) is 13.0 Å². The molecule has 2 aliphatic rings. The van der Waals surface area contributed by atoms with Crippen molar-refractivity contribution in [2.75, 3.05) is 5.73 Å². The summed E-state index contributed by atoms with van der Waals surface area (Å²) < 4.78 is 1.92. The predicted octanol–water partition coefficient (Wildman–Crippen LogP) is 1.85. The molecule has 2 saturated carbocycles. The van der Waals surface area contributed by atoms with Crippen molar-refractivity contribution in [1.29, 1.82) is 0 Å². The lowest BCUT2D eigenvalue weighted by Crippen LogP contribution is -2.13. The zero-order valence-electron chi connectivity index (χ0n) is 10.5. The minimum atomic E-state index is 0.519. The summed E-state index contributed by atoms with van der Waals surface area (Å²) in [6, 6.07) is 0. The van der Waals surface area contributed by atoms with Gasteiger partial charge in [-0.25, -0.2) is 15.0 Å². The van der Waals surface area contributed by atoms with Gasteiger partial charge in [-0.05, 0) is 31.1 Å². The van der Waals surface area contributed by atoms with Crippen LogP contribution in [0.4, 0.5) is 5.82 Å². The van der Waals surface area contributed by atoms with Crippen LogP contribution in [0.5, 0.6) is 0 Å². The number of hydrogen-bond donors (Lipinski definition) is 1. The van der Waals surface area contributed by atoms with Gasteiger partial charge in [-0.3, -0.25) is 0 Å². The second-order valence-corrected chi connectivity index (χ2v) is 5.78. The number of aromatic nitrogens is 4. The lowest BCUT2D eigenvalue weighted by Gasteiger charge is -2.20. The van der Waals surface area contributed by atoms with E-state index in [1.807, 2.05) is 11.6 Å². The normalized spacial score (nSPS) is 30.4. The summed E-state index contributed by atoms with van der Waals surface area (Å²) in [5.74, 6) is 3.66. The molecule has 2 heterocycles. The Kier molecular flexibility index (Phi) is 1.96. The van der Waals surface area contributed by atoms with Crippen molar-refractivity contribution in [3.8, 4) is 0 Å². The van der Waals surface area contributed by atoms with Crippen molar-refractivity contribution < 1.29 is 0 Å². The van der Waals surface area contributed by atoms with Gasteiger partial charge in [-0.15, -0.1) is 0 Å². The van der Waals surface area contributed by atoms with E-state index in [-0.39, 0.29) is 0 Å². The molecule has 2 aromatic heterocycles. The molecular weight excluding hydrogens is 226 g/mol. The molecule has 0 aromatic carbocycles. The van der Waals surface area contributed by atoms with Crippen LogP contribution in [0.25, 0.3) is 11.2 Å². The lowest BCUT2D eigenvalue weighted by atomic mass is 9.88. The molecule has 2 N–H and O–H groups in total. The third kappa shape index (κ3) is 1.30. The molecule has 0 unspecified atom stereocenters. The van der Waals surface area contributed by atoms with Gasteiger partial charge in [-0.1, -0.05) is 6.42 Å². The van der Waals surface area contributed by atoms with Crippen LogP contribution in [0.2, 0.25) is 0 Å². The monoisotopic (exact) mass is 243 g/mol. The zero-order chi connectivity index (χ0) is 12.3. The van der Waals surface area contributed by atoms with Crippen LogP contribution in [-0.4, -0.2) is 19.5 Å². The molecule has 2 bridgehead atoms. The molecule has 4 rings (SSSR count). The summed E-state index contributed by atoms with van der Waals surface area (Å²) in [6.07, 6.45) is 7.08. The summed E-state index contributed by atoms with van der Waals surface area (Å²) in [5.41, 5.74) is 7.60. The van der Waals surface area contributed by atoms with Crippen molar-refractivity contribution >= 4 is 17.0 Å². The number of aryl methyl sites for hydroxylation is 1. The minimum Gasteiger partial charge on any atom is -0.382 e. The third-order valence-corrected chi connectivity index (χ3v) is 4.67. The number of fused-ring (bicyclic) bond motifs is 3. The Balaban J connectivity index is 1.83. The Morgan fingerprint density at radius 1 is 1.28 bits per heavy atom. The molecule has 0 spiro atoms. The largest absolute Gasteiger partial charge is 0.382 e. The summed E-state index contributed by atoms with van der Waals surface area (Å²) >= 11 is 0. The molecule has 0 aliphatic heterocycles. The van der Waals surface area contributed by atoms with Gasteiger partial charge in [-0.2, -0.15) is 0 Å². The maximum absolute atomic E-state index is 6.01. The fourth-order valence-corrected chi connectivity index (χ4v) is 3.77. The fourth-order valence-electron chi connectivity index (χ4n) is 3.77. The molecule has 3 atom stereocenters. The second kappa shape index (κ2) is 3.43. The maximum atomic E-state index is 6.01. The van der Waals surface area contributed by atoms with E-state index in [0.29, 0.717) is 11.7 Å². The first-order chi connectivity index (χ1) is 8.72. The standard InChI is InChI=1S/C13H17N5/c1-18-6-15-10-11(14)16-12(17-13(10)18)9-5-7-2-3-8(9)4-7/h6-9H,2-5H2,1H3,(H2,14,16,17)/t7-,8+,9-/m1/s1. The van der Waals surface area contributed by atoms with Gasteiger partial charge in [0.1, 0.15) is 11.3 Å². The second-order valence-electron chi connectivity index (χ2n) is 5.78. The Morgan fingerprint density at radius 2 is 2.17 bits per heavy atom. The van der Waals surface area contributed by atoms with Crippen LogP contribution in [0, 0.1) is 11.8 Å². The average Bonchev–Trinajstić information content (AvgIpc) is 3.05. The lowest BCUT2D eigenvalue weighted by molar-refractivity contribution is 0.406. The van der Waals surface area contributed by atoms with E-state index >= 15 is 0 Å². The number of nitrogens with two attached hydrogens (primary N) is 1. The Hall–Kier alpha value is -1.65. The van der Waals surface area contributed by atoms with Crippen molar-refractivity contribution in [1.82, 2.24) is 19.5 Å². The van der Waals surface area contributed by atoms with Crippen LogP contribution >= 0.6 is 0 Å². The first kappa shape index (κ1) is 10.3. The Labute approximate surface area is 105 Å². The van der Waals surface area contributed by atoms with E-state index in [1.54, 1.807) is 6.33 Å². The molecule has 18 heavy (non-hydrogen) atoms. The zero-order valence-corrected chi connectivity index (χ0v) is 10.5. The van der Waals surface area contributed by atoms with Gasteiger partial charge < -0.3 is 10.3 Å². The van der Waals surface area contributed by atoms with Crippen molar-refractivity contribution in [3.05, 3.63) is 12.2 Å². The van der Waals surface area contributed by atoms with E-state index < -0.39 is 0 Å². The predicted molar refractivity (Wildman–Crippen MR) is 68.9 cm³/mol. The molecule has 0 radical (unpaired) electrons. The Morgan fingerprint density at radius 3 is 2.89 bits per heavy atom. The van der Waals surface area contributed by atoms with E-state index in [0.717, 1.165) is 28.8 Å². The molecule has 2 aliphatic carbocycles. The fraction of sp³-hybridized carbons (Fsp3) is 0.615. The summed E-state index contributed by atoms with van der Waals surface area (Å²) in [5, 5.41) is 0. The molecule has 2 fully saturated rings. The highest BCUT2D eigenvalue weighted by atomic mass is 15.1. The summed E-state index contributed by atoms with van der Waals surface area (Å²) in [6.45, 7) is 0. The van der Waals surface area contributed by atoms with Gasteiger partial charge in [0.2, 0.25) is 0 Å². The van der Waals surface area contributed by atoms with Crippen molar-refractivity contribution in [2.24, 2.45) is 18.9 Å². The topological polar surface area (TPSA) is 69.6 Å². The van der Waals surface area contributed by atoms with Gasteiger partial charge in [0.15, 0.2) is 11.5 Å². The van der Waals surface area contributed by atoms with Crippen LogP contribution in [0.15, 0.2) is 6.33 Å². The highest BCUT2D eigenvalue weighted by Gasteiger charge is 2.41. The summed E-state index contributed by atoms with van der Waals surface area (Å²) in [7, 11) is 1.95. The SMILES string of the molecule is Cn1cnc2c(N)nc([C@@H]3C[C@@H]4CC[C@H]3C4)nc21. The molecule has 2 aromatic rings. The van der Waals surface area contributed by atoms with Gasteiger partial charge >= 0.3 is 0 Å².